The largest absolute Gasteiger partial charge is 0.396 e. The number of hydrogen-bond acceptors (Lipinski definition) is 5. The first-order chi connectivity index (χ1) is 11.3. The summed E-state index contributed by atoms with van der Waals surface area (Å²) in [6.07, 6.45) is 1.27. The van der Waals surface area contributed by atoms with Gasteiger partial charge >= 0.3 is 0 Å². The summed E-state index contributed by atoms with van der Waals surface area (Å²) >= 11 is 0. The van der Waals surface area contributed by atoms with Gasteiger partial charge in [-0.05, 0) is 19.3 Å². The Kier molecular flexibility index (Phi) is 5.43. The van der Waals surface area contributed by atoms with E-state index in [4.69, 9.17) is 16.6 Å². The van der Waals surface area contributed by atoms with E-state index in [1.807, 2.05) is 0 Å². The molecule has 0 saturated carbocycles. The van der Waals surface area contributed by atoms with E-state index in [2.05, 4.69) is 0 Å². The van der Waals surface area contributed by atoms with Gasteiger partial charge in [-0.15, -0.1) is 0 Å². The zero-order valence-corrected chi connectivity index (χ0v) is 13.6. The maximum Gasteiger partial charge on any atom is 0.240 e. The molecule has 0 aliphatic carbocycles. The third-order valence-corrected chi connectivity index (χ3v) is 4.96. The predicted molar refractivity (Wildman–Crippen MR) is 83.1 cm³/mol. The average molecular weight is 340 g/mol. The van der Waals surface area contributed by atoms with E-state index in [0.717, 1.165) is 0 Å². The molecule has 134 valence electrons. The molecule has 2 rings (SSSR count). The Labute approximate surface area is 139 Å². The Balaban J connectivity index is 1.93. The molecular weight excluding hydrogens is 316 g/mol. The van der Waals surface area contributed by atoms with Crippen molar-refractivity contribution in [1.29, 1.82) is 0 Å². The molecule has 2 saturated heterocycles. The molecule has 1 atom stereocenters. The highest BCUT2D eigenvalue weighted by Gasteiger charge is 2.55. The fourth-order valence-corrected chi connectivity index (χ4v) is 3.47. The Morgan fingerprint density at radius 2 is 1.79 bits per heavy atom. The first-order valence-electron chi connectivity index (χ1n) is 8.08. The molecule has 1 unspecified atom stereocenters. The van der Waals surface area contributed by atoms with Gasteiger partial charge in [0.25, 0.3) is 0 Å². The summed E-state index contributed by atoms with van der Waals surface area (Å²) in [4.78, 5) is 49.9. The number of β-lactam (4-membered cyclic amide) rings is 1. The Hall–Kier alpha value is -2.16. The normalized spacial score (nSPS) is 20.6. The van der Waals surface area contributed by atoms with Crippen molar-refractivity contribution in [3.63, 3.8) is 0 Å². The predicted octanol–water partition coefficient (Wildman–Crippen LogP) is -2.06. The first kappa shape index (κ1) is 18.2. The van der Waals surface area contributed by atoms with Crippen molar-refractivity contribution in [3.8, 4) is 0 Å². The summed E-state index contributed by atoms with van der Waals surface area (Å²) in [5, 5.41) is 8.82. The van der Waals surface area contributed by atoms with Gasteiger partial charge in [0, 0.05) is 32.5 Å². The van der Waals surface area contributed by atoms with Crippen LogP contribution < -0.4 is 11.5 Å². The van der Waals surface area contributed by atoms with E-state index in [9.17, 15) is 19.2 Å². The standard InChI is InChI=1S/C15H24N4O5/c16-11(21)2-1-10(13(17)23)19-9-15(14(19)24)4-6-18(7-5-15)12(22)3-8-20/h10,20H,1-9H2,(H2,16,21)(H2,17,23). The van der Waals surface area contributed by atoms with Crippen molar-refractivity contribution < 1.29 is 24.3 Å². The molecule has 0 aromatic rings. The van der Waals surface area contributed by atoms with E-state index in [0.29, 0.717) is 32.5 Å². The topological polar surface area (TPSA) is 147 Å². The fourth-order valence-electron chi connectivity index (χ4n) is 3.47. The molecule has 9 nitrogen and oxygen atoms in total. The number of nitrogens with zero attached hydrogens (tertiary/aromatic N) is 2. The van der Waals surface area contributed by atoms with Gasteiger partial charge in [-0.2, -0.15) is 0 Å². The summed E-state index contributed by atoms with van der Waals surface area (Å²) in [6, 6.07) is -0.815. The third kappa shape index (κ3) is 3.50. The monoisotopic (exact) mass is 340 g/mol. The lowest BCUT2D eigenvalue weighted by atomic mass is 9.70. The number of nitrogens with two attached hydrogens (primary N) is 2. The second kappa shape index (κ2) is 7.16. The van der Waals surface area contributed by atoms with Crippen molar-refractivity contribution in [2.45, 2.75) is 38.1 Å². The maximum absolute atomic E-state index is 12.6. The van der Waals surface area contributed by atoms with E-state index in [1.54, 1.807) is 4.90 Å². The van der Waals surface area contributed by atoms with Crippen molar-refractivity contribution in [1.82, 2.24) is 9.80 Å². The number of carbonyl (C=O) groups is 4. The van der Waals surface area contributed by atoms with Gasteiger partial charge in [-0.1, -0.05) is 0 Å². The molecule has 5 N–H and O–H groups in total. The second-order valence-corrected chi connectivity index (χ2v) is 6.49. The van der Waals surface area contributed by atoms with Gasteiger partial charge in [0.2, 0.25) is 23.6 Å². The minimum absolute atomic E-state index is 0.00612. The van der Waals surface area contributed by atoms with E-state index in [-0.39, 0.29) is 37.7 Å². The van der Waals surface area contributed by atoms with Crippen LogP contribution in [0.3, 0.4) is 0 Å². The fraction of sp³-hybridized carbons (Fsp3) is 0.733. The molecule has 4 amide bonds. The van der Waals surface area contributed by atoms with E-state index >= 15 is 0 Å². The molecule has 24 heavy (non-hydrogen) atoms. The number of aliphatic hydroxyl groups excluding tert-OH is 1. The number of likely N-dealkylation sites (tertiary alicyclic amines) is 2. The zero-order valence-electron chi connectivity index (χ0n) is 13.6. The molecule has 2 aliphatic heterocycles. The number of piperidine rings is 1. The number of aliphatic hydroxyl groups is 1. The van der Waals surface area contributed by atoms with Gasteiger partial charge in [0.05, 0.1) is 12.0 Å². The third-order valence-electron chi connectivity index (χ3n) is 4.96. The molecule has 0 aromatic heterocycles. The lowest BCUT2D eigenvalue weighted by Crippen LogP contribution is -2.69. The van der Waals surface area contributed by atoms with Gasteiger partial charge < -0.3 is 26.4 Å². The highest BCUT2D eigenvalue weighted by atomic mass is 16.3. The Bertz CT molecular complexity index is 542. The SMILES string of the molecule is NC(=O)CCC(C(N)=O)N1CC2(CCN(C(=O)CCO)CC2)C1=O. The summed E-state index contributed by atoms with van der Waals surface area (Å²) in [6.45, 7) is 1.13. The van der Waals surface area contributed by atoms with E-state index in [1.165, 1.54) is 4.90 Å². The molecule has 0 bridgehead atoms. The van der Waals surface area contributed by atoms with Crippen LogP contribution in [0.5, 0.6) is 0 Å². The highest BCUT2D eigenvalue weighted by Crippen LogP contribution is 2.43. The molecule has 2 heterocycles. The highest BCUT2D eigenvalue weighted by molar-refractivity contribution is 5.94. The molecular formula is C15H24N4O5. The van der Waals surface area contributed by atoms with Crippen LogP contribution in [0.4, 0.5) is 0 Å². The van der Waals surface area contributed by atoms with Gasteiger partial charge in [-0.25, -0.2) is 0 Å². The number of hydrogen-bond donors (Lipinski definition) is 3. The van der Waals surface area contributed by atoms with Gasteiger partial charge in [-0.3, -0.25) is 19.2 Å². The molecule has 1 spiro atoms. The molecule has 2 fully saturated rings. The summed E-state index contributed by atoms with van der Waals surface area (Å²) in [5.74, 6) is -1.45. The Morgan fingerprint density at radius 1 is 1.17 bits per heavy atom. The molecule has 9 heteroatoms. The van der Waals surface area contributed by atoms with Crippen LogP contribution >= 0.6 is 0 Å². The van der Waals surface area contributed by atoms with Crippen LogP contribution in [0, 0.1) is 5.41 Å². The van der Waals surface area contributed by atoms with Crippen LogP contribution in [0.15, 0.2) is 0 Å². The quantitative estimate of drug-likeness (QED) is 0.456. The van der Waals surface area contributed by atoms with Crippen LogP contribution in [0.2, 0.25) is 0 Å². The number of primary amides is 2. The molecule has 2 aliphatic rings. The maximum atomic E-state index is 12.6. The zero-order chi connectivity index (χ0) is 17.9. The van der Waals surface area contributed by atoms with Crippen molar-refractivity contribution >= 4 is 23.6 Å². The smallest absolute Gasteiger partial charge is 0.240 e. The number of carbonyl (C=O) groups excluding carboxylic acids is 4. The van der Waals surface area contributed by atoms with Crippen LogP contribution in [0.25, 0.3) is 0 Å². The van der Waals surface area contributed by atoms with Crippen LogP contribution in [-0.4, -0.2) is 70.8 Å². The van der Waals surface area contributed by atoms with Crippen LogP contribution in [-0.2, 0) is 19.2 Å². The summed E-state index contributed by atoms with van der Waals surface area (Å²) in [7, 11) is 0. The second-order valence-electron chi connectivity index (χ2n) is 6.49. The van der Waals surface area contributed by atoms with Crippen molar-refractivity contribution in [2.75, 3.05) is 26.2 Å². The Morgan fingerprint density at radius 3 is 2.25 bits per heavy atom. The van der Waals surface area contributed by atoms with Gasteiger partial charge in [0.15, 0.2) is 0 Å². The molecule has 0 aromatic carbocycles. The lowest BCUT2D eigenvalue weighted by molar-refractivity contribution is -0.173. The van der Waals surface area contributed by atoms with Crippen molar-refractivity contribution in [3.05, 3.63) is 0 Å². The van der Waals surface area contributed by atoms with Crippen molar-refractivity contribution in [2.24, 2.45) is 16.9 Å². The molecule has 0 radical (unpaired) electrons. The average Bonchev–Trinajstić information content (AvgIpc) is 2.54. The first-order valence-corrected chi connectivity index (χ1v) is 8.08. The minimum Gasteiger partial charge on any atom is -0.396 e. The summed E-state index contributed by atoms with van der Waals surface area (Å²) < 4.78 is 0. The van der Waals surface area contributed by atoms with Gasteiger partial charge in [0.1, 0.15) is 6.04 Å². The minimum atomic E-state index is -0.815. The summed E-state index contributed by atoms with van der Waals surface area (Å²) in [5.41, 5.74) is 9.89. The van der Waals surface area contributed by atoms with E-state index < -0.39 is 23.3 Å². The number of amides is 4. The van der Waals surface area contributed by atoms with Crippen LogP contribution in [0.1, 0.15) is 32.1 Å². The lowest BCUT2D eigenvalue weighted by Gasteiger charge is -2.54. The number of rotatable bonds is 7.